The fourth-order valence-electron chi connectivity index (χ4n) is 1.75. The van der Waals surface area contributed by atoms with Gasteiger partial charge < -0.3 is 10.0 Å². The number of thiazole rings is 1. The van der Waals surface area contributed by atoms with Crippen molar-refractivity contribution in [1.82, 2.24) is 9.88 Å². The van der Waals surface area contributed by atoms with Crippen molar-refractivity contribution in [2.75, 3.05) is 24.6 Å². The van der Waals surface area contributed by atoms with Crippen molar-refractivity contribution in [1.29, 1.82) is 0 Å². The number of aromatic nitrogens is 1. The van der Waals surface area contributed by atoms with E-state index in [1.165, 1.54) is 10.3 Å². The minimum Gasteiger partial charge on any atom is -0.476 e. The summed E-state index contributed by atoms with van der Waals surface area (Å²) >= 11 is 0.954. The van der Waals surface area contributed by atoms with Gasteiger partial charge in [0.15, 0.2) is 20.5 Å². The number of amides is 1. The monoisotopic (exact) mass is 304 g/mol. The molecule has 0 radical (unpaired) electrons. The van der Waals surface area contributed by atoms with Gasteiger partial charge in [-0.25, -0.2) is 18.2 Å². The minimum atomic E-state index is -3.08. The van der Waals surface area contributed by atoms with Gasteiger partial charge in [0.05, 0.1) is 11.5 Å². The van der Waals surface area contributed by atoms with E-state index in [0.29, 0.717) is 13.0 Å². The van der Waals surface area contributed by atoms with Gasteiger partial charge in [0.1, 0.15) is 0 Å². The quantitative estimate of drug-likeness (QED) is 0.831. The van der Waals surface area contributed by atoms with Crippen LogP contribution in [0, 0.1) is 0 Å². The first-order valence-electron chi connectivity index (χ1n) is 5.57. The van der Waals surface area contributed by atoms with Gasteiger partial charge in [-0.2, -0.15) is 0 Å². The fourth-order valence-corrected chi connectivity index (χ4v) is 3.78. The molecule has 9 heteroatoms. The first kappa shape index (κ1) is 13.9. The number of carbonyl (C=O) groups excluding carboxylic acids is 1. The molecule has 1 fully saturated rings. The van der Waals surface area contributed by atoms with E-state index >= 15 is 0 Å². The summed E-state index contributed by atoms with van der Waals surface area (Å²) in [5, 5.41) is 10.1. The van der Waals surface area contributed by atoms with Crippen LogP contribution in [0.25, 0.3) is 0 Å². The van der Waals surface area contributed by atoms with Crippen LogP contribution in [0.4, 0.5) is 0 Å². The lowest BCUT2D eigenvalue weighted by molar-refractivity contribution is 0.0691. The normalized spacial score (nSPS) is 18.8. The minimum absolute atomic E-state index is 0.0596. The molecular weight excluding hydrogens is 292 g/mol. The number of carboxylic acid groups (broad SMARTS) is 1. The molecule has 2 rings (SSSR count). The van der Waals surface area contributed by atoms with Crippen LogP contribution < -0.4 is 0 Å². The summed E-state index contributed by atoms with van der Waals surface area (Å²) in [6.07, 6.45) is 0.394. The molecule has 1 aliphatic heterocycles. The van der Waals surface area contributed by atoms with Crippen LogP contribution in [0.2, 0.25) is 0 Å². The second kappa shape index (κ2) is 5.25. The SMILES string of the molecule is O=C(O)c1csc(C(=O)N2CCCS(=O)(=O)CC2)n1. The molecular formula is C10H12N2O5S2. The molecule has 0 bridgehead atoms. The molecule has 1 aromatic rings. The molecule has 1 saturated heterocycles. The van der Waals surface area contributed by atoms with Gasteiger partial charge >= 0.3 is 5.97 Å². The van der Waals surface area contributed by atoms with Crippen molar-refractivity contribution in [2.24, 2.45) is 0 Å². The zero-order valence-corrected chi connectivity index (χ0v) is 11.5. The number of nitrogens with zero attached hydrogens (tertiary/aromatic N) is 2. The number of carboxylic acids is 1. The Morgan fingerprint density at radius 1 is 1.32 bits per heavy atom. The standard InChI is InChI=1S/C10H12N2O5S2/c13-9(8-11-7(6-18-8)10(14)15)12-2-1-4-19(16,17)5-3-12/h6H,1-5H2,(H,14,15). The maximum Gasteiger partial charge on any atom is 0.355 e. The highest BCUT2D eigenvalue weighted by Gasteiger charge is 2.25. The molecule has 0 aromatic carbocycles. The second-order valence-corrected chi connectivity index (χ2v) is 7.30. The van der Waals surface area contributed by atoms with Crippen LogP contribution in [0.5, 0.6) is 0 Å². The lowest BCUT2D eigenvalue weighted by Gasteiger charge is -2.17. The van der Waals surface area contributed by atoms with Gasteiger partial charge in [0, 0.05) is 18.5 Å². The molecule has 1 aliphatic rings. The predicted octanol–water partition coefficient (Wildman–Crippen LogP) is 0.102. The summed E-state index contributed by atoms with van der Waals surface area (Å²) in [5.41, 5.74) is -0.171. The lowest BCUT2D eigenvalue weighted by atomic mass is 10.4. The van der Waals surface area contributed by atoms with Crippen molar-refractivity contribution >= 4 is 33.1 Å². The first-order valence-corrected chi connectivity index (χ1v) is 8.28. The Balaban J connectivity index is 2.12. The van der Waals surface area contributed by atoms with Gasteiger partial charge in [-0.3, -0.25) is 4.79 Å². The number of rotatable bonds is 2. The highest BCUT2D eigenvalue weighted by molar-refractivity contribution is 7.91. The molecule has 1 N–H and O–H groups in total. The zero-order chi connectivity index (χ0) is 14.0. The van der Waals surface area contributed by atoms with Gasteiger partial charge in [0.2, 0.25) is 0 Å². The van der Waals surface area contributed by atoms with E-state index in [9.17, 15) is 18.0 Å². The van der Waals surface area contributed by atoms with Crippen molar-refractivity contribution in [2.45, 2.75) is 6.42 Å². The predicted molar refractivity (Wildman–Crippen MR) is 68.2 cm³/mol. The summed E-state index contributed by atoms with van der Waals surface area (Å²) in [6.45, 7) is 0.475. The molecule has 0 saturated carbocycles. The van der Waals surface area contributed by atoms with Crippen molar-refractivity contribution in [3.63, 3.8) is 0 Å². The van der Waals surface area contributed by atoms with Crippen LogP contribution in [-0.4, -0.2) is 59.9 Å². The Hall–Kier alpha value is -1.48. The summed E-state index contributed by atoms with van der Waals surface area (Å²) in [7, 11) is -3.08. The Labute approximate surface area is 113 Å². The Morgan fingerprint density at radius 2 is 2.05 bits per heavy atom. The van der Waals surface area contributed by atoms with E-state index in [1.54, 1.807) is 0 Å². The van der Waals surface area contributed by atoms with Crippen molar-refractivity contribution in [3.8, 4) is 0 Å². The number of sulfone groups is 1. The Kier molecular flexibility index (Phi) is 3.85. The second-order valence-electron chi connectivity index (χ2n) is 4.14. The summed E-state index contributed by atoms with van der Waals surface area (Å²) in [4.78, 5) is 27.9. The smallest absolute Gasteiger partial charge is 0.355 e. The van der Waals surface area contributed by atoms with Crippen LogP contribution in [0.3, 0.4) is 0 Å². The molecule has 0 spiro atoms. The number of hydrogen-bond acceptors (Lipinski definition) is 6. The Morgan fingerprint density at radius 3 is 2.68 bits per heavy atom. The van der Waals surface area contributed by atoms with E-state index in [0.717, 1.165) is 11.3 Å². The topological polar surface area (TPSA) is 105 Å². The largest absolute Gasteiger partial charge is 0.476 e. The van der Waals surface area contributed by atoms with E-state index < -0.39 is 21.7 Å². The highest BCUT2D eigenvalue weighted by Crippen LogP contribution is 2.14. The molecule has 0 atom stereocenters. The number of carbonyl (C=O) groups is 2. The summed E-state index contributed by atoms with van der Waals surface area (Å²) < 4.78 is 22.9. The highest BCUT2D eigenvalue weighted by atomic mass is 32.2. The van der Waals surface area contributed by atoms with Gasteiger partial charge in [-0.1, -0.05) is 0 Å². The van der Waals surface area contributed by atoms with Gasteiger partial charge in [-0.15, -0.1) is 11.3 Å². The number of hydrogen-bond donors (Lipinski definition) is 1. The van der Waals surface area contributed by atoms with Crippen molar-refractivity contribution in [3.05, 3.63) is 16.1 Å². The third-order valence-electron chi connectivity index (χ3n) is 2.75. The van der Waals surface area contributed by atoms with E-state index in [4.69, 9.17) is 5.11 Å². The third-order valence-corrected chi connectivity index (χ3v) is 5.29. The average Bonchev–Trinajstić information content (AvgIpc) is 2.75. The van der Waals surface area contributed by atoms with E-state index in [1.807, 2.05) is 0 Å². The van der Waals surface area contributed by atoms with Crippen molar-refractivity contribution < 1.29 is 23.1 Å². The van der Waals surface area contributed by atoms with Crippen LogP contribution >= 0.6 is 11.3 Å². The van der Waals surface area contributed by atoms with Crippen LogP contribution in [0.1, 0.15) is 26.7 Å². The van der Waals surface area contributed by atoms with E-state index in [2.05, 4.69) is 4.98 Å². The van der Waals surface area contributed by atoms with Gasteiger partial charge in [0.25, 0.3) is 5.91 Å². The first-order chi connectivity index (χ1) is 8.89. The van der Waals surface area contributed by atoms with Crippen LogP contribution in [-0.2, 0) is 9.84 Å². The molecule has 104 valence electrons. The molecule has 0 aliphatic carbocycles. The lowest BCUT2D eigenvalue weighted by Crippen LogP contribution is -2.33. The molecule has 1 aromatic heterocycles. The number of aromatic carboxylic acids is 1. The molecule has 7 nitrogen and oxygen atoms in total. The molecule has 19 heavy (non-hydrogen) atoms. The fraction of sp³-hybridized carbons (Fsp3) is 0.500. The molecule has 2 heterocycles. The average molecular weight is 304 g/mol. The molecule has 1 amide bonds. The third kappa shape index (κ3) is 3.29. The maximum atomic E-state index is 12.1. The molecule has 0 unspecified atom stereocenters. The zero-order valence-electron chi connectivity index (χ0n) is 9.90. The summed E-state index contributed by atoms with van der Waals surface area (Å²) in [6, 6.07) is 0. The van der Waals surface area contributed by atoms with Crippen LogP contribution in [0.15, 0.2) is 5.38 Å². The Bertz CT molecular complexity index is 607. The van der Waals surface area contributed by atoms with Gasteiger partial charge in [-0.05, 0) is 6.42 Å². The summed E-state index contributed by atoms with van der Waals surface area (Å²) in [5.74, 6) is -1.58. The maximum absolute atomic E-state index is 12.1. The van der Waals surface area contributed by atoms with E-state index in [-0.39, 0.29) is 28.8 Å².